The summed E-state index contributed by atoms with van der Waals surface area (Å²) in [7, 11) is -1.87. The molecule has 9 heteroatoms. The molecule has 25 heavy (non-hydrogen) atoms. The van der Waals surface area contributed by atoms with Crippen LogP contribution in [0.4, 0.5) is 0 Å². The molecule has 0 radical (unpaired) electrons. The van der Waals surface area contributed by atoms with Gasteiger partial charge in [0, 0.05) is 38.4 Å². The topological polar surface area (TPSA) is 87.2 Å². The number of ether oxygens (including phenoxy) is 1. The van der Waals surface area contributed by atoms with Crippen molar-refractivity contribution >= 4 is 27.6 Å². The van der Waals surface area contributed by atoms with Crippen molar-refractivity contribution in [2.45, 2.75) is 23.3 Å². The van der Waals surface area contributed by atoms with Crippen molar-refractivity contribution in [3.8, 4) is 0 Å². The Bertz CT molecular complexity index is 777. The number of sulfonamides is 1. The average Bonchev–Trinajstić information content (AvgIpc) is 2.58. The molecule has 2 fully saturated rings. The van der Waals surface area contributed by atoms with E-state index < -0.39 is 16.0 Å². The van der Waals surface area contributed by atoms with Crippen LogP contribution in [0.25, 0.3) is 0 Å². The summed E-state index contributed by atoms with van der Waals surface area (Å²) in [5, 5.41) is 9.17. The van der Waals surface area contributed by atoms with Crippen LogP contribution in [-0.4, -0.2) is 74.1 Å². The molecule has 2 heterocycles. The van der Waals surface area contributed by atoms with Gasteiger partial charge in [0.15, 0.2) is 0 Å². The van der Waals surface area contributed by atoms with Crippen LogP contribution >= 0.6 is 11.6 Å². The van der Waals surface area contributed by atoms with E-state index >= 15 is 0 Å². The summed E-state index contributed by atoms with van der Waals surface area (Å²) in [6.45, 7) is 2.51. The highest BCUT2D eigenvalue weighted by molar-refractivity contribution is 7.89. The summed E-state index contributed by atoms with van der Waals surface area (Å²) < 4.78 is 33.1. The molecule has 0 atom stereocenters. The number of hydrogen-bond acceptors (Lipinski definition) is 5. The van der Waals surface area contributed by atoms with Gasteiger partial charge in [0.05, 0.1) is 10.6 Å². The quantitative estimate of drug-likeness (QED) is 0.844. The summed E-state index contributed by atoms with van der Waals surface area (Å²) in [4.78, 5) is 13.2. The SMILES string of the molecule is CN1CCN(S(=O)(=O)c2cc(C(=O)O)ccc2Cl)CC12CCOCC2. The molecule has 7 nitrogen and oxygen atoms in total. The van der Waals surface area contributed by atoms with E-state index in [1.54, 1.807) is 0 Å². The first-order valence-corrected chi connectivity index (χ1v) is 9.90. The van der Waals surface area contributed by atoms with Crippen LogP contribution < -0.4 is 0 Å². The van der Waals surface area contributed by atoms with Gasteiger partial charge < -0.3 is 9.84 Å². The first-order valence-electron chi connectivity index (χ1n) is 8.08. The van der Waals surface area contributed by atoms with Crippen molar-refractivity contribution in [2.24, 2.45) is 0 Å². The van der Waals surface area contributed by atoms with E-state index in [4.69, 9.17) is 21.4 Å². The van der Waals surface area contributed by atoms with Gasteiger partial charge in [0.1, 0.15) is 4.90 Å². The maximum atomic E-state index is 13.1. The van der Waals surface area contributed by atoms with E-state index in [9.17, 15) is 13.2 Å². The molecule has 1 spiro atoms. The van der Waals surface area contributed by atoms with Crippen molar-refractivity contribution < 1.29 is 23.1 Å². The first-order chi connectivity index (χ1) is 11.8. The summed E-state index contributed by atoms with van der Waals surface area (Å²) >= 11 is 6.08. The fraction of sp³-hybridized carbons (Fsp3) is 0.562. The van der Waals surface area contributed by atoms with Gasteiger partial charge in [-0.25, -0.2) is 13.2 Å². The number of halogens is 1. The number of rotatable bonds is 3. The predicted molar refractivity (Wildman–Crippen MR) is 92.6 cm³/mol. The fourth-order valence-corrected chi connectivity index (χ4v) is 5.51. The van der Waals surface area contributed by atoms with Gasteiger partial charge in [-0.1, -0.05) is 11.6 Å². The monoisotopic (exact) mass is 388 g/mol. The molecule has 3 rings (SSSR count). The second-order valence-electron chi connectivity index (χ2n) is 6.55. The lowest BCUT2D eigenvalue weighted by Crippen LogP contribution is -2.63. The van der Waals surface area contributed by atoms with E-state index in [0.717, 1.165) is 18.9 Å². The molecule has 2 aliphatic heterocycles. The first kappa shape index (κ1) is 18.6. The number of benzene rings is 1. The van der Waals surface area contributed by atoms with Crippen LogP contribution in [0.2, 0.25) is 5.02 Å². The Hall–Kier alpha value is -1.19. The number of carbonyl (C=O) groups is 1. The number of aromatic carboxylic acids is 1. The summed E-state index contributed by atoms with van der Waals surface area (Å²) in [5.74, 6) is -1.19. The Labute approximate surface area is 152 Å². The highest BCUT2D eigenvalue weighted by Gasteiger charge is 2.44. The van der Waals surface area contributed by atoms with Crippen molar-refractivity contribution in [1.29, 1.82) is 0 Å². The van der Waals surface area contributed by atoms with Gasteiger partial charge in [-0.2, -0.15) is 4.31 Å². The molecule has 1 N–H and O–H groups in total. The van der Waals surface area contributed by atoms with Crippen LogP contribution in [0.1, 0.15) is 23.2 Å². The molecule has 0 aliphatic carbocycles. The third-order valence-corrected chi connectivity index (χ3v) is 7.51. The van der Waals surface area contributed by atoms with E-state index in [2.05, 4.69) is 4.90 Å². The summed E-state index contributed by atoms with van der Waals surface area (Å²) in [6.07, 6.45) is 1.52. The van der Waals surface area contributed by atoms with Crippen LogP contribution in [0.3, 0.4) is 0 Å². The lowest BCUT2D eigenvalue weighted by molar-refractivity contribution is -0.0445. The van der Waals surface area contributed by atoms with Gasteiger partial charge in [-0.15, -0.1) is 0 Å². The molecule has 0 bridgehead atoms. The lowest BCUT2D eigenvalue weighted by atomic mass is 9.87. The third-order valence-electron chi connectivity index (χ3n) is 5.18. The van der Waals surface area contributed by atoms with E-state index in [0.29, 0.717) is 32.8 Å². The molecular formula is C16H21ClN2O5S. The third kappa shape index (κ3) is 3.41. The normalized spacial score (nSPS) is 22.2. The zero-order chi connectivity index (χ0) is 18.2. The Morgan fingerprint density at radius 1 is 1.28 bits per heavy atom. The fourth-order valence-electron chi connectivity index (χ4n) is 3.50. The van der Waals surface area contributed by atoms with Gasteiger partial charge in [-0.05, 0) is 38.1 Å². The maximum Gasteiger partial charge on any atom is 0.335 e. The Kier molecular flexibility index (Phi) is 5.09. The molecule has 0 unspecified atom stereocenters. The predicted octanol–water partition coefficient (Wildman–Crippen LogP) is 1.52. The molecular weight excluding hydrogens is 368 g/mol. The number of piperazine rings is 1. The maximum absolute atomic E-state index is 13.1. The molecule has 2 aliphatic rings. The molecule has 138 valence electrons. The van der Waals surface area contributed by atoms with Gasteiger partial charge >= 0.3 is 5.97 Å². The number of carboxylic acid groups (broad SMARTS) is 1. The minimum absolute atomic E-state index is 0.0324. The van der Waals surface area contributed by atoms with Gasteiger partial charge in [0.25, 0.3) is 0 Å². The van der Waals surface area contributed by atoms with Crippen LogP contribution in [0.5, 0.6) is 0 Å². The summed E-state index contributed by atoms with van der Waals surface area (Å²) in [5.41, 5.74) is -0.349. The van der Waals surface area contributed by atoms with Crippen molar-refractivity contribution in [2.75, 3.05) is 39.9 Å². The minimum Gasteiger partial charge on any atom is -0.478 e. The molecule has 1 aromatic rings. The Balaban J connectivity index is 1.95. The van der Waals surface area contributed by atoms with E-state index in [1.165, 1.54) is 16.4 Å². The van der Waals surface area contributed by atoms with Crippen molar-refractivity contribution in [1.82, 2.24) is 9.21 Å². The molecule has 1 aromatic carbocycles. The number of carboxylic acids is 1. The number of nitrogens with zero attached hydrogens (tertiary/aromatic N) is 2. The summed E-state index contributed by atoms with van der Waals surface area (Å²) in [6, 6.07) is 3.75. The molecule has 0 saturated carbocycles. The van der Waals surface area contributed by atoms with Crippen LogP contribution in [0.15, 0.2) is 23.1 Å². The van der Waals surface area contributed by atoms with E-state index in [1.807, 2.05) is 7.05 Å². The van der Waals surface area contributed by atoms with E-state index in [-0.39, 0.29) is 21.0 Å². The second kappa shape index (κ2) is 6.85. The molecule has 0 amide bonds. The smallest absolute Gasteiger partial charge is 0.335 e. The number of likely N-dealkylation sites (N-methyl/N-ethyl adjacent to an activating group) is 1. The second-order valence-corrected chi connectivity index (χ2v) is 8.86. The van der Waals surface area contributed by atoms with Crippen LogP contribution in [-0.2, 0) is 14.8 Å². The average molecular weight is 389 g/mol. The zero-order valence-electron chi connectivity index (χ0n) is 13.9. The highest BCUT2D eigenvalue weighted by Crippen LogP contribution is 2.34. The minimum atomic E-state index is -3.88. The Morgan fingerprint density at radius 2 is 1.96 bits per heavy atom. The molecule has 2 saturated heterocycles. The van der Waals surface area contributed by atoms with Crippen molar-refractivity contribution in [3.63, 3.8) is 0 Å². The van der Waals surface area contributed by atoms with Gasteiger partial charge in [-0.3, -0.25) is 4.90 Å². The number of hydrogen-bond donors (Lipinski definition) is 1. The Morgan fingerprint density at radius 3 is 2.60 bits per heavy atom. The van der Waals surface area contributed by atoms with Gasteiger partial charge in [0.2, 0.25) is 10.0 Å². The zero-order valence-corrected chi connectivity index (χ0v) is 15.5. The largest absolute Gasteiger partial charge is 0.478 e. The van der Waals surface area contributed by atoms with Crippen molar-refractivity contribution in [3.05, 3.63) is 28.8 Å². The standard InChI is InChI=1S/C16H21ClN2O5S/c1-18-6-7-19(11-16(18)4-8-24-9-5-16)25(22,23)14-10-12(15(20)21)2-3-13(14)17/h2-3,10H,4-9,11H2,1H3,(H,20,21). The lowest BCUT2D eigenvalue weighted by Gasteiger charge is -2.50. The molecule has 0 aromatic heterocycles. The highest BCUT2D eigenvalue weighted by atomic mass is 35.5. The van der Waals surface area contributed by atoms with Crippen LogP contribution in [0, 0.1) is 0 Å².